The van der Waals surface area contributed by atoms with Crippen LogP contribution in [0.25, 0.3) is 0 Å². The van der Waals surface area contributed by atoms with E-state index in [1.165, 1.54) is 5.57 Å². The van der Waals surface area contributed by atoms with E-state index in [0.717, 1.165) is 32.1 Å². The minimum absolute atomic E-state index is 0.0266. The maximum atomic E-state index is 12.5. The second kappa shape index (κ2) is 5.88. The van der Waals surface area contributed by atoms with Crippen molar-refractivity contribution < 1.29 is 14.4 Å². The van der Waals surface area contributed by atoms with Gasteiger partial charge in [0.2, 0.25) is 0 Å². The molecule has 4 nitrogen and oxygen atoms in total. The Morgan fingerprint density at radius 1 is 1.28 bits per heavy atom. The number of hydrogen-bond acceptors (Lipinski definition) is 4. The van der Waals surface area contributed by atoms with Gasteiger partial charge >= 0.3 is 0 Å². The van der Waals surface area contributed by atoms with E-state index in [-0.39, 0.29) is 34.9 Å². The van der Waals surface area contributed by atoms with Crippen LogP contribution in [0.4, 0.5) is 0 Å². The van der Waals surface area contributed by atoms with E-state index in [0.29, 0.717) is 24.2 Å². The van der Waals surface area contributed by atoms with Gasteiger partial charge in [0.25, 0.3) is 0 Å². The maximum Gasteiger partial charge on any atom is 0.164 e. The molecule has 0 heterocycles. The first kappa shape index (κ1) is 17.2. The molecule has 0 aromatic heterocycles. The third-order valence-corrected chi connectivity index (χ3v) is 8.03. The molecule has 4 aliphatic carbocycles. The Labute approximate surface area is 149 Å². The molecule has 0 aromatic rings. The molecule has 4 unspecified atom stereocenters. The molecular weight excluding hydrogens is 314 g/mol. The van der Waals surface area contributed by atoms with Gasteiger partial charge in [-0.1, -0.05) is 31.6 Å². The second-order valence-corrected chi connectivity index (χ2v) is 9.05. The zero-order chi connectivity index (χ0) is 17.8. The molecule has 0 bridgehead atoms. The molecule has 136 valence electrons. The van der Waals surface area contributed by atoms with Crippen LogP contribution in [0.1, 0.15) is 52.4 Å². The Hall–Kier alpha value is -1.26. The number of Topliss-reactive ketones (excluding diaryl/α,β-unsaturated/α-hetero) is 1. The Bertz CT molecular complexity index is 666. The van der Waals surface area contributed by atoms with E-state index < -0.39 is 0 Å². The molecule has 6 atom stereocenters. The van der Waals surface area contributed by atoms with Gasteiger partial charge in [-0.2, -0.15) is 0 Å². The molecule has 4 aliphatic rings. The summed E-state index contributed by atoms with van der Waals surface area (Å²) in [5, 5.41) is 0. The fourth-order valence-corrected chi connectivity index (χ4v) is 6.64. The van der Waals surface area contributed by atoms with E-state index in [1.807, 2.05) is 0 Å². The number of ketones is 2. The number of carbonyl (C=O) groups is 2. The summed E-state index contributed by atoms with van der Waals surface area (Å²) in [4.78, 5) is 29.0. The summed E-state index contributed by atoms with van der Waals surface area (Å²) in [5.74, 6) is 7.20. The minimum Gasteiger partial charge on any atom is -0.297 e. The van der Waals surface area contributed by atoms with Gasteiger partial charge in [0, 0.05) is 17.8 Å². The molecule has 0 aromatic carbocycles. The fraction of sp³-hybridized carbons (Fsp3) is 0.714. The van der Waals surface area contributed by atoms with Gasteiger partial charge in [-0.05, 0) is 61.3 Å². The molecule has 0 aliphatic heterocycles. The van der Waals surface area contributed by atoms with Crippen LogP contribution in [0.15, 0.2) is 23.8 Å². The average molecular weight is 343 g/mol. The largest absolute Gasteiger partial charge is 0.297 e. The normalized spacial score (nSPS) is 45.4. The summed E-state index contributed by atoms with van der Waals surface area (Å²) in [6.07, 6.45) is 12.4. The average Bonchev–Trinajstić information content (AvgIpc) is 2.93. The van der Waals surface area contributed by atoms with Crippen molar-refractivity contribution >= 4 is 11.6 Å². The SMILES string of the molecule is C[C@]12CC=C3C(CCC4CC(=O)C=C[C@]34C)C1CCC2C(=O)CON. The highest BCUT2D eigenvalue weighted by molar-refractivity contribution is 5.91. The smallest absolute Gasteiger partial charge is 0.164 e. The Morgan fingerprint density at radius 3 is 2.84 bits per heavy atom. The summed E-state index contributed by atoms with van der Waals surface area (Å²) < 4.78 is 0. The number of rotatable bonds is 3. The topological polar surface area (TPSA) is 69.4 Å². The number of allylic oxidation sites excluding steroid dienone is 4. The molecule has 2 N–H and O–H groups in total. The molecule has 0 saturated heterocycles. The third kappa shape index (κ3) is 2.41. The monoisotopic (exact) mass is 343 g/mol. The first-order valence-corrected chi connectivity index (χ1v) is 9.67. The third-order valence-electron chi connectivity index (χ3n) is 8.03. The molecule has 4 heteroatoms. The summed E-state index contributed by atoms with van der Waals surface area (Å²) >= 11 is 0. The first-order chi connectivity index (χ1) is 11.9. The highest BCUT2D eigenvalue weighted by Gasteiger charge is 2.57. The van der Waals surface area contributed by atoms with Gasteiger partial charge in [0.15, 0.2) is 11.6 Å². The lowest BCUT2D eigenvalue weighted by atomic mass is 9.50. The lowest BCUT2D eigenvalue weighted by Gasteiger charge is -2.54. The van der Waals surface area contributed by atoms with Crippen molar-refractivity contribution in [3.8, 4) is 0 Å². The Morgan fingerprint density at radius 2 is 2.08 bits per heavy atom. The van der Waals surface area contributed by atoms with Crippen molar-refractivity contribution in [3.63, 3.8) is 0 Å². The molecule has 4 rings (SSSR count). The number of carbonyl (C=O) groups excluding carboxylic acids is 2. The highest BCUT2D eigenvalue weighted by Crippen LogP contribution is 2.64. The summed E-state index contributed by atoms with van der Waals surface area (Å²) in [6.45, 7) is 4.64. The summed E-state index contributed by atoms with van der Waals surface area (Å²) in [7, 11) is 0. The van der Waals surface area contributed by atoms with Crippen LogP contribution in [-0.2, 0) is 14.4 Å². The zero-order valence-corrected chi connectivity index (χ0v) is 15.3. The minimum atomic E-state index is 0.0266. The number of hydrogen-bond donors (Lipinski definition) is 1. The second-order valence-electron chi connectivity index (χ2n) is 9.05. The quantitative estimate of drug-likeness (QED) is 0.630. The number of fused-ring (bicyclic) bond motifs is 5. The standard InChI is InChI=1S/C21H29NO3/c1-20-9-7-14(23)11-13(20)3-4-15-16-5-6-18(19(24)12-25-22)21(16,2)10-8-17(15)20/h7-9,13,15-16,18H,3-6,10-12,22H2,1-2H3/t13?,15?,16?,18?,20-,21-/m0/s1. The Balaban J connectivity index is 1.68. The first-order valence-electron chi connectivity index (χ1n) is 9.67. The van der Waals surface area contributed by atoms with Crippen LogP contribution in [0.3, 0.4) is 0 Å². The molecule has 25 heavy (non-hydrogen) atoms. The van der Waals surface area contributed by atoms with Crippen LogP contribution in [0.2, 0.25) is 0 Å². The Kier molecular flexibility index (Phi) is 4.04. The maximum absolute atomic E-state index is 12.5. The van der Waals surface area contributed by atoms with Gasteiger partial charge in [-0.25, -0.2) is 5.90 Å². The number of nitrogens with two attached hydrogens (primary N) is 1. The molecule has 2 saturated carbocycles. The molecule has 0 spiro atoms. The van der Waals surface area contributed by atoms with Crippen molar-refractivity contribution in [2.45, 2.75) is 52.4 Å². The van der Waals surface area contributed by atoms with Crippen molar-refractivity contribution in [3.05, 3.63) is 23.8 Å². The predicted molar refractivity (Wildman–Crippen MR) is 95.3 cm³/mol. The molecule has 2 fully saturated rings. The van der Waals surface area contributed by atoms with Gasteiger partial charge < -0.3 is 0 Å². The summed E-state index contributed by atoms with van der Waals surface area (Å²) in [5.41, 5.74) is 1.60. The zero-order valence-electron chi connectivity index (χ0n) is 15.3. The van der Waals surface area contributed by atoms with E-state index >= 15 is 0 Å². The summed E-state index contributed by atoms with van der Waals surface area (Å²) in [6, 6.07) is 0. The van der Waals surface area contributed by atoms with Crippen molar-refractivity contribution in [1.82, 2.24) is 0 Å². The van der Waals surface area contributed by atoms with Gasteiger partial charge in [0.1, 0.15) is 6.61 Å². The van der Waals surface area contributed by atoms with E-state index in [4.69, 9.17) is 5.90 Å². The lowest BCUT2D eigenvalue weighted by Crippen LogP contribution is -2.47. The van der Waals surface area contributed by atoms with E-state index in [1.54, 1.807) is 6.08 Å². The van der Waals surface area contributed by atoms with Crippen LogP contribution in [0.5, 0.6) is 0 Å². The highest BCUT2D eigenvalue weighted by atomic mass is 16.6. The lowest BCUT2D eigenvalue weighted by molar-refractivity contribution is -0.132. The van der Waals surface area contributed by atoms with Gasteiger partial charge in [-0.3, -0.25) is 14.4 Å². The van der Waals surface area contributed by atoms with Gasteiger partial charge in [-0.15, -0.1) is 0 Å². The molecule has 0 radical (unpaired) electrons. The van der Waals surface area contributed by atoms with Crippen molar-refractivity contribution in [2.24, 2.45) is 40.4 Å². The van der Waals surface area contributed by atoms with Crippen LogP contribution >= 0.6 is 0 Å². The van der Waals surface area contributed by atoms with Crippen molar-refractivity contribution in [2.75, 3.05) is 6.61 Å². The van der Waals surface area contributed by atoms with Crippen LogP contribution in [-0.4, -0.2) is 18.2 Å². The fourth-order valence-electron chi connectivity index (χ4n) is 6.64. The van der Waals surface area contributed by atoms with E-state index in [9.17, 15) is 9.59 Å². The van der Waals surface area contributed by atoms with Crippen LogP contribution < -0.4 is 5.90 Å². The predicted octanol–water partition coefficient (Wildman–Crippen LogP) is 3.37. The van der Waals surface area contributed by atoms with Gasteiger partial charge in [0.05, 0.1) is 0 Å². The molecule has 0 amide bonds. The van der Waals surface area contributed by atoms with Crippen LogP contribution in [0, 0.1) is 34.5 Å². The van der Waals surface area contributed by atoms with Crippen molar-refractivity contribution in [1.29, 1.82) is 0 Å². The van der Waals surface area contributed by atoms with E-state index in [2.05, 4.69) is 30.8 Å². The molecular formula is C21H29NO3.